The molecule has 2 amide bonds. The summed E-state index contributed by atoms with van der Waals surface area (Å²) in [5.74, 6) is -0.765. The Bertz CT molecular complexity index is 1140. The maximum atomic E-state index is 12.7. The van der Waals surface area contributed by atoms with Crippen molar-refractivity contribution in [3.63, 3.8) is 0 Å². The second-order valence-electron chi connectivity index (χ2n) is 6.00. The highest BCUT2D eigenvalue weighted by molar-refractivity contribution is 7.07. The third-order valence-electron chi connectivity index (χ3n) is 3.94. The number of anilines is 2. The normalized spacial score (nSPS) is 12.0. The van der Waals surface area contributed by atoms with Gasteiger partial charge in [0.15, 0.2) is 5.57 Å². The van der Waals surface area contributed by atoms with E-state index in [1.54, 1.807) is 38.1 Å². The molecule has 4 N–H and O–H groups in total. The van der Waals surface area contributed by atoms with E-state index in [4.69, 9.17) is 9.84 Å². The summed E-state index contributed by atoms with van der Waals surface area (Å²) in [4.78, 5) is 36.3. The first-order valence-corrected chi connectivity index (χ1v) is 10.3. The summed E-state index contributed by atoms with van der Waals surface area (Å²) < 4.78 is 6.82. The van der Waals surface area contributed by atoms with Crippen molar-refractivity contribution in [2.75, 3.05) is 30.4 Å². The van der Waals surface area contributed by atoms with Crippen LogP contribution < -0.4 is 30.7 Å². The Morgan fingerprint density at radius 2 is 1.94 bits per heavy atom. The number of aromatic nitrogens is 1. The number of amides is 2. The highest BCUT2D eigenvalue weighted by Gasteiger charge is 2.16. The van der Waals surface area contributed by atoms with Crippen LogP contribution in [-0.2, 0) is 16.1 Å². The molecule has 0 fully saturated rings. The van der Waals surface area contributed by atoms with E-state index in [-0.39, 0.29) is 35.6 Å². The maximum absolute atomic E-state index is 12.7. The summed E-state index contributed by atoms with van der Waals surface area (Å²) in [6.45, 7) is 3.81. The Hall–Kier alpha value is -3.62. The number of benzene rings is 1. The number of carbonyl (C=O) groups excluding carboxylic acids is 2. The van der Waals surface area contributed by atoms with Gasteiger partial charge in [0, 0.05) is 30.7 Å². The number of hydrogen-bond acceptors (Lipinski definition) is 8. The fourth-order valence-electron chi connectivity index (χ4n) is 2.52. The SMILES string of the molecule is CCOC(=O)/C(C#N)=c1/s/c(=C/Nc2ccc(NC(=O)NCCO)cc2)c(=O)n1CC. The molecule has 0 aliphatic carbocycles. The van der Waals surface area contributed by atoms with Crippen LogP contribution >= 0.6 is 11.3 Å². The van der Waals surface area contributed by atoms with Crippen LogP contribution in [0.4, 0.5) is 16.2 Å². The number of rotatable bonds is 8. The number of nitrogens with zero attached hydrogens (tertiary/aromatic N) is 2. The largest absolute Gasteiger partial charge is 0.462 e. The minimum Gasteiger partial charge on any atom is -0.462 e. The molecule has 0 spiro atoms. The van der Waals surface area contributed by atoms with Crippen LogP contribution in [0.1, 0.15) is 13.8 Å². The number of hydrogen-bond donors (Lipinski definition) is 4. The van der Waals surface area contributed by atoms with E-state index in [1.165, 1.54) is 10.8 Å². The topological polar surface area (TPSA) is 145 Å². The first-order chi connectivity index (χ1) is 14.9. The average molecular weight is 446 g/mol. The van der Waals surface area contributed by atoms with Crippen LogP contribution in [0, 0.1) is 11.3 Å². The van der Waals surface area contributed by atoms with Gasteiger partial charge in [-0.05, 0) is 38.1 Å². The van der Waals surface area contributed by atoms with Crippen molar-refractivity contribution in [2.24, 2.45) is 0 Å². The van der Waals surface area contributed by atoms with Gasteiger partial charge in [0.2, 0.25) is 0 Å². The molecule has 1 aromatic heterocycles. The van der Waals surface area contributed by atoms with Gasteiger partial charge in [-0.3, -0.25) is 9.36 Å². The van der Waals surface area contributed by atoms with Gasteiger partial charge in [-0.2, -0.15) is 5.26 Å². The Kier molecular flexibility index (Phi) is 8.80. The zero-order valence-corrected chi connectivity index (χ0v) is 17.9. The molecule has 0 aliphatic heterocycles. The molecule has 0 saturated carbocycles. The number of urea groups is 1. The van der Waals surface area contributed by atoms with Crippen LogP contribution in [0.15, 0.2) is 29.1 Å². The van der Waals surface area contributed by atoms with Crippen molar-refractivity contribution < 1.29 is 19.4 Å². The highest BCUT2D eigenvalue weighted by Crippen LogP contribution is 2.13. The number of carbonyl (C=O) groups is 2. The van der Waals surface area contributed by atoms with Crippen molar-refractivity contribution >= 4 is 46.5 Å². The lowest BCUT2D eigenvalue weighted by Gasteiger charge is -2.07. The van der Waals surface area contributed by atoms with Gasteiger partial charge in [0.1, 0.15) is 15.3 Å². The number of esters is 1. The summed E-state index contributed by atoms with van der Waals surface area (Å²) in [6, 6.07) is 8.15. The van der Waals surface area contributed by atoms with Gasteiger partial charge in [-0.25, -0.2) is 9.59 Å². The quantitative estimate of drug-likeness (QED) is 0.423. The van der Waals surface area contributed by atoms with E-state index in [2.05, 4.69) is 16.0 Å². The van der Waals surface area contributed by atoms with Crippen LogP contribution in [0.5, 0.6) is 0 Å². The summed E-state index contributed by atoms with van der Waals surface area (Å²) in [5.41, 5.74) is 0.676. The van der Waals surface area contributed by atoms with Crippen molar-refractivity contribution in [3.05, 3.63) is 43.8 Å². The molecule has 0 saturated heterocycles. The van der Waals surface area contributed by atoms with Gasteiger partial charge >= 0.3 is 12.0 Å². The van der Waals surface area contributed by atoms with Gasteiger partial charge in [-0.1, -0.05) is 0 Å². The molecule has 0 bridgehead atoms. The molecule has 164 valence electrons. The van der Waals surface area contributed by atoms with E-state index in [0.717, 1.165) is 11.3 Å². The maximum Gasteiger partial charge on any atom is 0.351 e. The number of nitrogens with one attached hydrogen (secondary N) is 3. The zero-order valence-electron chi connectivity index (χ0n) is 17.1. The third kappa shape index (κ3) is 6.18. The third-order valence-corrected chi connectivity index (χ3v) is 5.07. The molecule has 0 unspecified atom stereocenters. The molecular formula is C20H23N5O5S. The second-order valence-corrected chi connectivity index (χ2v) is 7.03. The fraction of sp³-hybridized carbons (Fsp3) is 0.300. The monoisotopic (exact) mass is 445 g/mol. The summed E-state index contributed by atoms with van der Waals surface area (Å²) in [6.07, 6.45) is 1.50. The minimum absolute atomic E-state index is 0.125. The van der Waals surface area contributed by atoms with E-state index in [0.29, 0.717) is 22.5 Å². The van der Waals surface area contributed by atoms with Crippen molar-refractivity contribution in [2.45, 2.75) is 20.4 Å². The van der Waals surface area contributed by atoms with Crippen LogP contribution in [0.25, 0.3) is 11.8 Å². The van der Waals surface area contributed by atoms with E-state index in [1.807, 2.05) is 6.07 Å². The smallest absolute Gasteiger partial charge is 0.351 e. The number of aliphatic hydroxyl groups is 1. The Morgan fingerprint density at radius 1 is 1.26 bits per heavy atom. The first-order valence-electron chi connectivity index (χ1n) is 9.48. The molecule has 0 aliphatic rings. The lowest BCUT2D eigenvalue weighted by atomic mass is 10.3. The molecular weight excluding hydrogens is 422 g/mol. The molecule has 31 heavy (non-hydrogen) atoms. The van der Waals surface area contributed by atoms with Crippen molar-refractivity contribution in [1.82, 2.24) is 9.88 Å². The van der Waals surface area contributed by atoms with Gasteiger partial charge in [0.25, 0.3) is 5.56 Å². The Morgan fingerprint density at radius 3 is 2.52 bits per heavy atom. The summed E-state index contributed by atoms with van der Waals surface area (Å²) in [7, 11) is 0. The number of thiazole rings is 1. The summed E-state index contributed by atoms with van der Waals surface area (Å²) >= 11 is 1.02. The Balaban J connectivity index is 2.28. The van der Waals surface area contributed by atoms with E-state index < -0.39 is 12.0 Å². The standard InChI is InChI=1S/C20H23N5O5S/c1-3-25-17(27)16(31-18(25)15(11-21)19(28)30-4-2)12-23-13-5-7-14(8-6-13)24-20(29)22-9-10-26/h5-8,12,23,26H,3-4,9-10H2,1-2H3,(H2,22,24,29)/b16-12+,18-15+. The molecule has 0 atom stereocenters. The van der Waals surface area contributed by atoms with Gasteiger partial charge in [0.05, 0.1) is 13.2 Å². The molecule has 0 radical (unpaired) electrons. The average Bonchev–Trinajstić information content (AvgIpc) is 3.07. The number of nitriles is 1. The highest BCUT2D eigenvalue weighted by atomic mass is 32.1. The first kappa shape index (κ1) is 23.7. The number of ether oxygens (including phenoxy) is 1. The van der Waals surface area contributed by atoms with E-state index >= 15 is 0 Å². The predicted molar refractivity (Wildman–Crippen MR) is 118 cm³/mol. The van der Waals surface area contributed by atoms with Crippen molar-refractivity contribution in [3.8, 4) is 6.07 Å². The molecule has 10 nitrogen and oxygen atoms in total. The fourth-order valence-corrected chi connectivity index (χ4v) is 3.60. The van der Waals surface area contributed by atoms with Crippen LogP contribution in [0.3, 0.4) is 0 Å². The molecule has 1 heterocycles. The molecule has 1 aromatic carbocycles. The lowest BCUT2D eigenvalue weighted by molar-refractivity contribution is -0.136. The van der Waals surface area contributed by atoms with Gasteiger partial charge in [-0.15, -0.1) is 11.3 Å². The molecule has 11 heteroatoms. The second kappa shape index (κ2) is 11.5. The molecule has 2 rings (SSSR count). The zero-order chi connectivity index (χ0) is 22.8. The van der Waals surface area contributed by atoms with Gasteiger partial charge < -0.3 is 25.8 Å². The van der Waals surface area contributed by atoms with Crippen molar-refractivity contribution in [1.29, 1.82) is 5.26 Å². The van der Waals surface area contributed by atoms with Crippen LogP contribution in [0.2, 0.25) is 0 Å². The van der Waals surface area contributed by atoms with Crippen LogP contribution in [-0.4, -0.2) is 41.4 Å². The Labute approximate surface area is 182 Å². The van der Waals surface area contributed by atoms with E-state index in [9.17, 15) is 19.6 Å². The summed E-state index contributed by atoms with van der Waals surface area (Å²) in [5, 5.41) is 26.2. The number of aliphatic hydroxyl groups excluding tert-OH is 1. The predicted octanol–water partition coefficient (Wildman–Crippen LogP) is 0.131. The lowest BCUT2D eigenvalue weighted by Crippen LogP contribution is -2.32. The molecule has 2 aromatic rings. The minimum atomic E-state index is -0.765.